The Bertz CT molecular complexity index is 1160. The van der Waals surface area contributed by atoms with Gasteiger partial charge in [-0.25, -0.2) is 0 Å². The van der Waals surface area contributed by atoms with Crippen LogP contribution in [-0.2, 0) is 0 Å². The molecule has 0 aliphatic rings. The number of hydrogen-bond acceptors (Lipinski definition) is 4. The number of ketones is 2. The summed E-state index contributed by atoms with van der Waals surface area (Å²) in [6.07, 6.45) is 1.61. The second kappa shape index (κ2) is 11.8. The van der Waals surface area contributed by atoms with Gasteiger partial charge in [-0.1, -0.05) is 104 Å². The highest BCUT2D eigenvalue weighted by Crippen LogP contribution is 2.25. The van der Waals surface area contributed by atoms with Crippen LogP contribution in [0, 0.1) is 0 Å². The topological polar surface area (TPSA) is 63.6 Å². The zero-order valence-electron chi connectivity index (χ0n) is 18.1. The number of hydrogen-bond donors (Lipinski definition) is 1. The monoisotopic (exact) mass is 436 g/mol. The molecule has 0 aliphatic heterocycles. The van der Waals surface area contributed by atoms with Gasteiger partial charge < -0.3 is 9.84 Å². The molecule has 0 aromatic heterocycles. The molecule has 164 valence electrons. The van der Waals surface area contributed by atoms with Crippen LogP contribution < -0.4 is 4.74 Å². The highest BCUT2D eigenvalue weighted by atomic mass is 16.5. The van der Waals surface area contributed by atoms with Crippen LogP contribution in [0.1, 0.15) is 31.8 Å². The molecule has 0 saturated carbocycles. The fourth-order valence-corrected chi connectivity index (χ4v) is 3.04. The molecule has 4 aromatic carbocycles. The molecule has 0 bridgehead atoms. The van der Waals surface area contributed by atoms with E-state index in [1.807, 2.05) is 66.7 Å². The SMILES string of the molecule is C=CCOc1ccc(C(=O)c2ccccc2)c(O)c1.O=C(c1ccccc1)c1ccccc1. The van der Waals surface area contributed by atoms with Crippen molar-refractivity contribution in [3.05, 3.63) is 144 Å². The van der Waals surface area contributed by atoms with Crippen molar-refractivity contribution in [2.24, 2.45) is 0 Å². The molecule has 0 saturated heterocycles. The van der Waals surface area contributed by atoms with Gasteiger partial charge in [-0.3, -0.25) is 9.59 Å². The molecule has 0 unspecified atom stereocenters. The maximum absolute atomic E-state index is 12.2. The lowest BCUT2D eigenvalue weighted by Gasteiger charge is -2.07. The van der Waals surface area contributed by atoms with Crippen LogP contribution in [0.25, 0.3) is 0 Å². The lowest BCUT2D eigenvalue weighted by Crippen LogP contribution is -2.02. The molecule has 4 rings (SSSR count). The Morgan fingerprint density at radius 3 is 1.58 bits per heavy atom. The number of phenolic OH excluding ortho intramolecular Hbond substituents is 1. The first-order valence-electron chi connectivity index (χ1n) is 10.4. The van der Waals surface area contributed by atoms with Crippen molar-refractivity contribution in [3.8, 4) is 11.5 Å². The Hall–Kier alpha value is -4.44. The van der Waals surface area contributed by atoms with Crippen LogP contribution >= 0.6 is 0 Å². The third-order valence-corrected chi connectivity index (χ3v) is 4.69. The molecule has 0 spiro atoms. The molecule has 1 N–H and O–H groups in total. The lowest BCUT2D eigenvalue weighted by atomic mass is 10.0. The smallest absolute Gasteiger partial charge is 0.196 e. The lowest BCUT2D eigenvalue weighted by molar-refractivity contribution is 0.102. The number of benzene rings is 4. The Balaban J connectivity index is 0.000000194. The highest BCUT2D eigenvalue weighted by Gasteiger charge is 2.13. The summed E-state index contributed by atoms with van der Waals surface area (Å²) in [7, 11) is 0. The summed E-state index contributed by atoms with van der Waals surface area (Å²) in [6.45, 7) is 3.89. The maximum atomic E-state index is 12.2. The summed E-state index contributed by atoms with van der Waals surface area (Å²) in [5.74, 6) is 0.275. The number of rotatable bonds is 7. The Morgan fingerprint density at radius 2 is 1.15 bits per heavy atom. The number of carbonyl (C=O) groups excluding carboxylic acids is 2. The molecule has 0 amide bonds. The average molecular weight is 437 g/mol. The summed E-state index contributed by atoms with van der Waals surface area (Å²) in [6, 6.07) is 32.1. The van der Waals surface area contributed by atoms with Crippen LogP contribution in [0.15, 0.2) is 122 Å². The fourth-order valence-electron chi connectivity index (χ4n) is 3.04. The maximum Gasteiger partial charge on any atom is 0.196 e. The van der Waals surface area contributed by atoms with Crippen LogP contribution in [0.4, 0.5) is 0 Å². The first-order valence-corrected chi connectivity index (χ1v) is 10.4. The molecule has 0 atom stereocenters. The van der Waals surface area contributed by atoms with Crippen molar-refractivity contribution >= 4 is 11.6 Å². The number of aromatic hydroxyl groups is 1. The minimum Gasteiger partial charge on any atom is -0.507 e. The van der Waals surface area contributed by atoms with E-state index in [1.54, 1.807) is 42.5 Å². The van der Waals surface area contributed by atoms with Crippen molar-refractivity contribution in [2.45, 2.75) is 0 Å². The van der Waals surface area contributed by atoms with Gasteiger partial charge in [0.2, 0.25) is 0 Å². The molecule has 4 aromatic rings. The molecule has 4 heteroatoms. The summed E-state index contributed by atoms with van der Waals surface area (Å²) < 4.78 is 5.29. The predicted molar refractivity (Wildman–Crippen MR) is 130 cm³/mol. The molecule has 0 fully saturated rings. The van der Waals surface area contributed by atoms with Crippen LogP contribution in [-0.4, -0.2) is 23.3 Å². The molecule has 0 heterocycles. The highest BCUT2D eigenvalue weighted by molar-refractivity contribution is 6.10. The van der Waals surface area contributed by atoms with Crippen molar-refractivity contribution < 1.29 is 19.4 Å². The first kappa shape index (κ1) is 23.2. The van der Waals surface area contributed by atoms with Crippen molar-refractivity contribution in [1.82, 2.24) is 0 Å². The molecular weight excluding hydrogens is 412 g/mol. The number of ether oxygens (including phenoxy) is 1. The molecule has 33 heavy (non-hydrogen) atoms. The van der Waals surface area contributed by atoms with E-state index < -0.39 is 0 Å². The van der Waals surface area contributed by atoms with Gasteiger partial charge in [0, 0.05) is 22.8 Å². The third kappa shape index (κ3) is 6.52. The summed E-state index contributed by atoms with van der Waals surface area (Å²) in [4.78, 5) is 24.0. The van der Waals surface area contributed by atoms with E-state index in [2.05, 4.69) is 6.58 Å². The number of phenols is 1. The fraction of sp³-hybridized carbons (Fsp3) is 0.0345. The van der Waals surface area contributed by atoms with Crippen LogP contribution in [0.2, 0.25) is 0 Å². The quantitative estimate of drug-likeness (QED) is 0.281. The molecule has 0 aliphatic carbocycles. The summed E-state index contributed by atoms with van der Waals surface area (Å²) in [5.41, 5.74) is 2.27. The average Bonchev–Trinajstić information content (AvgIpc) is 2.88. The standard InChI is InChI=1S/C16H14O3.C13H10O/c1-2-10-19-13-8-9-14(15(17)11-13)16(18)12-6-4-3-5-7-12;14-13(11-7-3-1-4-8-11)12-9-5-2-6-10-12/h2-9,11,17H,1,10H2;1-10H. The van der Waals surface area contributed by atoms with E-state index in [1.165, 1.54) is 6.07 Å². The second-order valence-electron chi connectivity index (χ2n) is 7.03. The van der Waals surface area contributed by atoms with Gasteiger partial charge >= 0.3 is 0 Å². The van der Waals surface area contributed by atoms with Crippen LogP contribution in [0.5, 0.6) is 11.5 Å². The first-order chi connectivity index (χ1) is 16.1. The Kier molecular flexibility index (Phi) is 8.32. The number of carbonyl (C=O) groups is 2. The molecule has 4 nitrogen and oxygen atoms in total. The van der Waals surface area contributed by atoms with Gasteiger partial charge in [-0.15, -0.1) is 0 Å². The van der Waals surface area contributed by atoms with E-state index in [-0.39, 0.29) is 22.9 Å². The van der Waals surface area contributed by atoms with Crippen LogP contribution in [0.3, 0.4) is 0 Å². The van der Waals surface area contributed by atoms with Crippen molar-refractivity contribution in [2.75, 3.05) is 6.61 Å². The predicted octanol–water partition coefficient (Wildman–Crippen LogP) is 6.11. The normalized spacial score (nSPS) is 9.82. The van der Waals surface area contributed by atoms with Gasteiger partial charge in [0.05, 0.1) is 5.56 Å². The zero-order chi connectivity index (χ0) is 23.5. The summed E-state index contributed by atoms with van der Waals surface area (Å²) in [5, 5.41) is 9.90. The Morgan fingerprint density at radius 1 is 0.697 bits per heavy atom. The third-order valence-electron chi connectivity index (χ3n) is 4.69. The van der Waals surface area contributed by atoms with Gasteiger partial charge in [-0.2, -0.15) is 0 Å². The van der Waals surface area contributed by atoms with E-state index in [4.69, 9.17) is 4.74 Å². The van der Waals surface area contributed by atoms with Gasteiger partial charge in [0.15, 0.2) is 11.6 Å². The molecule has 0 radical (unpaired) electrons. The van der Waals surface area contributed by atoms with Gasteiger partial charge in [0.1, 0.15) is 18.1 Å². The summed E-state index contributed by atoms with van der Waals surface area (Å²) >= 11 is 0. The molecular formula is C29H24O4. The van der Waals surface area contributed by atoms with Crippen molar-refractivity contribution in [1.29, 1.82) is 0 Å². The second-order valence-corrected chi connectivity index (χ2v) is 7.03. The van der Waals surface area contributed by atoms with E-state index in [9.17, 15) is 14.7 Å². The Labute approximate surface area is 193 Å². The van der Waals surface area contributed by atoms with E-state index in [0.717, 1.165) is 11.1 Å². The van der Waals surface area contributed by atoms with E-state index >= 15 is 0 Å². The minimum atomic E-state index is -0.214. The van der Waals surface area contributed by atoms with Crippen molar-refractivity contribution in [3.63, 3.8) is 0 Å². The largest absolute Gasteiger partial charge is 0.507 e. The van der Waals surface area contributed by atoms with Gasteiger partial charge in [0.25, 0.3) is 0 Å². The van der Waals surface area contributed by atoms with E-state index in [0.29, 0.717) is 17.9 Å². The minimum absolute atomic E-state index is 0.0752. The zero-order valence-corrected chi connectivity index (χ0v) is 18.1. The van der Waals surface area contributed by atoms with Gasteiger partial charge in [-0.05, 0) is 12.1 Å².